The van der Waals surface area contributed by atoms with E-state index in [4.69, 9.17) is 0 Å². The van der Waals surface area contributed by atoms with Crippen molar-refractivity contribution < 1.29 is 26.7 Å². The van der Waals surface area contributed by atoms with Crippen molar-refractivity contribution in [1.29, 1.82) is 0 Å². The summed E-state index contributed by atoms with van der Waals surface area (Å²) in [5, 5.41) is 6.46. The second-order valence-electron chi connectivity index (χ2n) is 5.69. The van der Waals surface area contributed by atoms with Gasteiger partial charge >= 0.3 is 12.3 Å². The molecule has 1 atom stereocenters. The number of anilines is 1. The Bertz CT molecular complexity index is 751. The molecule has 3 rings (SSSR count). The van der Waals surface area contributed by atoms with Crippen molar-refractivity contribution in [3.63, 3.8) is 0 Å². The molecule has 0 aliphatic carbocycles. The number of nitrogens with zero attached hydrogens (tertiary/aromatic N) is 2. The van der Waals surface area contributed by atoms with Crippen LogP contribution in [0.3, 0.4) is 0 Å². The van der Waals surface area contributed by atoms with Gasteiger partial charge in [-0.1, -0.05) is 6.07 Å². The van der Waals surface area contributed by atoms with E-state index < -0.39 is 18.0 Å². The van der Waals surface area contributed by atoms with Crippen molar-refractivity contribution in [2.45, 2.75) is 31.3 Å². The van der Waals surface area contributed by atoms with E-state index in [0.717, 1.165) is 36.6 Å². The SMILES string of the molecule is FC(F)(F)C(F)(F)Oc1ccc(CNC2CCNc3ncccc32)nc1. The molecule has 0 bridgehead atoms. The topological polar surface area (TPSA) is 59.1 Å². The van der Waals surface area contributed by atoms with Crippen LogP contribution >= 0.6 is 0 Å². The van der Waals surface area contributed by atoms with Gasteiger partial charge in [0.25, 0.3) is 0 Å². The summed E-state index contributed by atoms with van der Waals surface area (Å²) in [6, 6.07) is 6.16. The van der Waals surface area contributed by atoms with E-state index in [1.807, 2.05) is 12.1 Å². The molecular weight excluding hydrogens is 359 g/mol. The van der Waals surface area contributed by atoms with Gasteiger partial charge in [0, 0.05) is 30.9 Å². The molecule has 0 aromatic carbocycles. The number of pyridine rings is 2. The fourth-order valence-corrected chi connectivity index (χ4v) is 2.56. The Morgan fingerprint density at radius 3 is 2.65 bits per heavy atom. The summed E-state index contributed by atoms with van der Waals surface area (Å²) in [7, 11) is 0. The molecule has 2 N–H and O–H groups in total. The van der Waals surface area contributed by atoms with Crippen molar-refractivity contribution >= 4 is 5.82 Å². The van der Waals surface area contributed by atoms with Crippen LogP contribution in [-0.4, -0.2) is 28.8 Å². The number of alkyl halides is 5. The summed E-state index contributed by atoms with van der Waals surface area (Å²) in [6.07, 6.45) is -7.71. The third kappa shape index (κ3) is 4.01. The summed E-state index contributed by atoms with van der Waals surface area (Å²) >= 11 is 0. The van der Waals surface area contributed by atoms with Crippen molar-refractivity contribution in [1.82, 2.24) is 15.3 Å². The van der Waals surface area contributed by atoms with Gasteiger partial charge in [-0.05, 0) is 24.6 Å². The lowest BCUT2D eigenvalue weighted by atomic mass is 10.0. The molecule has 0 radical (unpaired) electrons. The van der Waals surface area contributed by atoms with Crippen LogP contribution in [0.5, 0.6) is 5.75 Å². The number of aromatic nitrogens is 2. The standard InChI is InChI=1S/C16H15F5N4O/c17-15(18,19)16(20,21)26-11-4-3-10(24-9-11)8-25-13-5-7-23-14-12(13)2-1-6-22-14/h1-4,6,9,13,25H,5,7-8H2,(H,22,23). The van der Waals surface area contributed by atoms with Crippen LogP contribution in [-0.2, 0) is 6.54 Å². The highest BCUT2D eigenvalue weighted by Gasteiger charge is 2.61. The smallest absolute Gasteiger partial charge is 0.424 e. The lowest BCUT2D eigenvalue weighted by Crippen LogP contribution is -2.41. The molecule has 2 aromatic rings. The maximum atomic E-state index is 12.8. The predicted octanol–water partition coefficient (Wildman–Crippen LogP) is 3.66. The van der Waals surface area contributed by atoms with Crippen LogP contribution in [0.1, 0.15) is 23.7 Å². The van der Waals surface area contributed by atoms with Crippen LogP contribution in [0, 0.1) is 0 Å². The van der Waals surface area contributed by atoms with E-state index in [1.54, 1.807) is 6.20 Å². The molecule has 0 saturated carbocycles. The predicted molar refractivity (Wildman–Crippen MR) is 82.8 cm³/mol. The number of hydrogen-bond donors (Lipinski definition) is 2. The molecule has 1 aliphatic heterocycles. The quantitative estimate of drug-likeness (QED) is 0.783. The molecule has 26 heavy (non-hydrogen) atoms. The molecule has 5 nitrogen and oxygen atoms in total. The minimum atomic E-state index is -5.79. The van der Waals surface area contributed by atoms with Crippen molar-refractivity contribution in [3.05, 3.63) is 47.9 Å². The Morgan fingerprint density at radius 2 is 1.96 bits per heavy atom. The first-order chi connectivity index (χ1) is 12.3. The van der Waals surface area contributed by atoms with Crippen molar-refractivity contribution in [2.75, 3.05) is 11.9 Å². The molecule has 2 aromatic heterocycles. The summed E-state index contributed by atoms with van der Waals surface area (Å²) in [4.78, 5) is 8.11. The van der Waals surface area contributed by atoms with Gasteiger partial charge in [-0.25, -0.2) is 4.98 Å². The lowest BCUT2D eigenvalue weighted by molar-refractivity contribution is -0.360. The molecule has 140 valence electrons. The fraction of sp³-hybridized carbons (Fsp3) is 0.375. The molecule has 0 fully saturated rings. The number of fused-ring (bicyclic) bond motifs is 1. The van der Waals surface area contributed by atoms with E-state index in [-0.39, 0.29) is 6.04 Å². The third-order valence-corrected chi connectivity index (χ3v) is 3.84. The monoisotopic (exact) mass is 374 g/mol. The van der Waals surface area contributed by atoms with Crippen LogP contribution in [0.15, 0.2) is 36.7 Å². The summed E-state index contributed by atoms with van der Waals surface area (Å²) in [5.74, 6) is 0.134. The second kappa shape index (κ2) is 7.02. The van der Waals surface area contributed by atoms with Gasteiger partial charge in [-0.2, -0.15) is 22.0 Å². The van der Waals surface area contributed by atoms with E-state index in [1.165, 1.54) is 6.07 Å². The Labute approximate surface area is 145 Å². The number of rotatable bonds is 5. The van der Waals surface area contributed by atoms with Crippen molar-refractivity contribution in [2.24, 2.45) is 0 Å². The molecular formula is C16H15F5N4O. The highest BCUT2D eigenvalue weighted by molar-refractivity contribution is 5.47. The highest BCUT2D eigenvalue weighted by Crippen LogP contribution is 2.37. The first-order valence-electron chi connectivity index (χ1n) is 7.77. The van der Waals surface area contributed by atoms with E-state index >= 15 is 0 Å². The molecule has 3 heterocycles. The van der Waals surface area contributed by atoms with Crippen LogP contribution in [0.25, 0.3) is 0 Å². The fourth-order valence-electron chi connectivity index (χ4n) is 2.56. The van der Waals surface area contributed by atoms with E-state index in [9.17, 15) is 22.0 Å². The Balaban J connectivity index is 1.61. The molecule has 10 heteroatoms. The first kappa shape index (κ1) is 18.3. The summed E-state index contributed by atoms with van der Waals surface area (Å²) in [5.41, 5.74) is 1.49. The maximum Gasteiger partial charge on any atom is 0.499 e. The van der Waals surface area contributed by atoms with Crippen LogP contribution < -0.4 is 15.4 Å². The first-order valence-corrected chi connectivity index (χ1v) is 7.77. The molecule has 1 unspecified atom stereocenters. The minimum absolute atomic E-state index is 0.0345. The molecule has 0 spiro atoms. The number of halogens is 5. The Morgan fingerprint density at radius 1 is 1.15 bits per heavy atom. The third-order valence-electron chi connectivity index (χ3n) is 3.84. The van der Waals surface area contributed by atoms with Crippen LogP contribution in [0.2, 0.25) is 0 Å². The van der Waals surface area contributed by atoms with Gasteiger partial charge in [-0.15, -0.1) is 0 Å². The molecule has 0 amide bonds. The largest absolute Gasteiger partial charge is 0.499 e. The zero-order chi connectivity index (χ0) is 18.8. The summed E-state index contributed by atoms with van der Waals surface area (Å²) < 4.78 is 65.8. The summed E-state index contributed by atoms with van der Waals surface area (Å²) in [6.45, 7) is 1.06. The second-order valence-corrected chi connectivity index (χ2v) is 5.69. The Hall–Kier alpha value is -2.49. The van der Waals surface area contributed by atoms with Crippen molar-refractivity contribution in [3.8, 4) is 5.75 Å². The number of nitrogens with one attached hydrogen (secondary N) is 2. The Kier molecular flexibility index (Phi) is 4.94. The van der Waals surface area contributed by atoms with Gasteiger partial charge in [0.15, 0.2) is 0 Å². The minimum Gasteiger partial charge on any atom is -0.424 e. The number of hydrogen-bond acceptors (Lipinski definition) is 5. The van der Waals surface area contributed by atoms with E-state index in [0.29, 0.717) is 12.2 Å². The molecule has 0 saturated heterocycles. The van der Waals surface area contributed by atoms with Gasteiger partial charge in [0.2, 0.25) is 0 Å². The lowest BCUT2D eigenvalue weighted by Gasteiger charge is -2.26. The highest BCUT2D eigenvalue weighted by atomic mass is 19.4. The van der Waals surface area contributed by atoms with E-state index in [2.05, 4.69) is 25.3 Å². The zero-order valence-corrected chi connectivity index (χ0v) is 13.4. The van der Waals surface area contributed by atoms with Gasteiger partial charge in [-0.3, -0.25) is 4.98 Å². The normalized spacial score (nSPS) is 17.3. The molecule has 1 aliphatic rings. The number of ether oxygens (including phenoxy) is 1. The van der Waals surface area contributed by atoms with Gasteiger partial charge < -0.3 is 15.4 Å². The van der Waals surface area contributed by atoms with Gasteiger partial charge in [0.05, 0.1) is 11.9 Å². The van der Waals surface area contributed by atoms with Gasteiger partial charge in [0.1, 0.15) is 11.6 Å². The average Bonchev–Trinajstić information content (AvgIpc) is 2.60. The maximum absolute atomic E-state index is 12.8. The van der Waals surface area contributed by atoms with Crippen LogP contribution in [0.4, 0.5) is 27.8 Å². The average molecular weight is 374 g/mol. The zero-order valence-electron chi connectivity index (χ0n) is 13.4.